The van der Waals surface area contributed by atoms with Gasteiger partial charge in [0.25, 0.3) is 0 Å². The molecular formula is C28H27NO5. The molecule has 34 heavy (non-hydrogen) atoms. The molecule has 1 aromatic heterocycles. The van der Waals surface area contributed by atoms with Gasteiger partial charge in [0.2, 0.25) is 0 Å². The summed E-state index contributed by atoms with van der Waals surface area (Å²) in [4.78, 5) is 2.46. The van der Waals surface area contributed by atoms with Crippen LogP contribution in [-0.2, 0) is 0 Å². The van der Waals surface area contributed by atoms with Crippen LogP contribution in [0.25, 0.3) is 22.3 Å². The zero-order valence-electron chi connectivity index (χ0n) is 18.9. The number of phenolic OH excluding ortho intramolecular Hbond substituents is 2. The normalized spacial score (nSPS) is 17.7. The summed E-state index contributed by atoms with van der Waals surface area (Å²) in [6.07, 6.45) is 3.47. The Bertz CT molecular complexity index is 1320. The van der Waals surface area contributed by atoms with Gasteiger partial charge >= 0.3 is 0 Å². The SMILES string of the molecule is Oc1ccc2c(c1)O[C@@H](c1ccc(OCCN3CCCCC3)cc1)c1c-2oc2cc(O)ccc12. The predicted molar refractivity (Wildman–Crippen MR) is 130 cm³/mol. The molecule has 6 nitrogen and oxygen atoms in total. The Morgan fingerprint density at radius 3 is 2.47 bits per heavy atom. The van der Waals surface area contributed by atoms with Crippen molar-refractivity contribution in [2.75, 3.05) is 26.2 Å². The Kier molecular flexibility index (Phi) is 5.30. The van der Waals surface area contributed by atoms with Crippen LogP contribution in [0.1, 0.15) is 36.5 Å². The van der Waals surface area contributed by atoms with E-state index >= 15 is 0 Å². The number of nitrogens with zero attached hydrogens (tertiary/aromatic N) is 1. The van der Waals surface area contributed by atoms with Gasteiger partial charge in [0, 0.05) is 24.1 Å². The molecule has 2 N–H and O–H groups in total. The van der Waals surface area contributed by atoms with E-state index in [0.29, 0.717) is 23.7 Å². The van der Waals surface area contributed by atoms with Crippen LogP contribution >= 0.6 is 0 Å². The van der Waals surface area contributed by atoms with Gasteiger partial charge < -0.3 is 24.1 Å². The molecule has 3 heterocycles. The quantitative estimate of drug-likeness (QED) is 0.391. The van der Waals surface area contributed by atoms with E-state index in [-0.39, 0.29) is 11.5 Å². The summed E-state index contributed by atoms with van der Waals surface area (Å²) in [6, 6.07) is 18.1. The predicted octanol–water partition coefficient (Wildman–Crippen LogP) is 5.86. The van der Waals surface area contributed by atoms with Crippen molar-refractivity contribution in [2.24, 2.45) is 0 Å². The average Bonchev–Trinajstić information content (AvgIpc) is 3.23. The van der Waals surface area contributed by atoms with E-state index in [1.54, 1.807) is 30.3 Å². The Morgan fingerprint density at radius 1 is 0.882 bits per heavy atom. The zero-order valence-corrected chi connectivity index (χ0v) is 18.9. The zero-order chi connectivity index (χ0) is 23.1. The molecule has 0 saturated carbocycles. The van der Waals surface area contributed by atoms with Crippen LogP contribution in [0.5, 0.6) is 23.0 Å². The fourth-order valence-electron chi connectivity index (χ4n) is 5.00. The highest BCUT2D eigenvalue weighted by Gasteiger charge is 2.33. The fourth-order valence-corrected chi connectivity index (χ4v) is 5.00. The number of likely N-dealkylation sites (tertiary alicyclic amines) is 1. The lowest BCUT2D eigenvalue weighted by Crippen LogP contribution is -2.33. The van der Waals surface area contributed by atoms with E-state index in [2.05, 4.69) is 4.90 Å². The molecule has 0 spiro atoms. The first-order chi connectivity index (χ1) is 16.7. The van der Waals surface area contributed by atoms with E-state index in [4.69, 9.17) is 13.9 Å². The number of hydrogen-bond donors (Lipinski definition) is 2. The van der Waals surface area contributed by atoms with E-state index in [0.717, 1.165) is 47.5 Å². The van der Waals surface area contributed by atoms with Gasteiger partial charge in [-0.1, -0.05) is 18.6 Å². The summed E-state index contributed by atoms with van der Waals surface area (Å²) in [7, 11) is 0. The molecule has 1 saturated heterocycles. The number of benzene rings is 3. The van der Waals surface area contributed by atoms with Gasteiger partial charge in [-0.3, -0.25) is 4.90 Å². The maximum atomic E-state index is 10.0. The minimum atomic E-state index is -0.419. The number of fused-ring (bicyclic) bond motifs is 5. The van der Waals surface area contributed by atoms with Crippen molar-refractivity contribution in [1.29, 1.82) is 0 Å². The fraction of sp³-hybridized carbons (Fsp3) is 0.286. The van der Waals surface area contributed by atoms with Crippen molar-refractivity contribution in [3.63, 3.8) is 0 Å². The van der Waals surface area contributed by atoms with Crippen molar-refractivity contribution >= 4 is 11.0 Å². The van der Waals surface area contributed by atoms with Crippen LogP contribution in [0.3, 0.4) is 0 Å². The maximum Gasteiger partial charge on any atom is 0.153 e. The second-order valence-corrected chi connectivity index (χ2v) is 9.02. The highest BCUT2D eigenvalue weighted by Crippen LogP contribution is 2.50. The molecular weight excluding hydrogens is 430 g/mol. The Labute approximate surface area is 198 Å². The Morgan fingerprint density at radius 2 is 1.65 bits per heavy atom. The molecule has 4 aromatic rings. The molecule has 0 unspecified atom stereocenters. The van der Waals surface area contributed by atoms with E-state index in [9.17, 15) is 10.2 Å². The van der Waals surface area contributed by atoms with Gasteiger partial charge in [0.15, 0.2) is 6.10 Å². The van der Waals surface area contributed by atoms with Crippen LogP contribution < -0.4 is 9.47 Å². The molecule has 174 valence electrons. The van der Waals surface area contributed by atoms with Crippen LogP contribution in [0.4, 0.5) is 0 Å². The largest absolute Gasteiger partial charge is 0.508 e. The van der Waals surface area contributed by atoms with Crippen molar-refractivity contribution in [2.45, 2.75) is 25.4 Å². The number of rotatable bonds is 5. The lowest BCUT2D eigenvalue weighted by molar-refractivity contribution is 0.183. The van der Waals surface area contributed by atoms with Crippen LogP contribution in [-0.4, -0.2) is 41.4 Å². The first-order valence-electron chi connectivity index (χ1n) is 11.9. The second-order valence-electron chi connectivity index (χ2n) is 9.02. The third-order valence-corrected chi connectivity index (χ3v) is 6.74. The van der Waals surface area contributed by atoms with E-state index < -0.39 is 6.10 Å². The van der Waals surface area contributed by atoms with Crippen molar-refractivity contribution in [3.05, 3.63) is 71.8 Å². The van der Waals surface area contributed by atoms with E-state index in [1.807, 2.05) is 30.3 Å². The molecule has 2 aliphatic heterocycles. The second kappa shape index (κ2) is 8.61. The molecule has 0 radical (unpaired) electrons. The minimum Gasteiger partial charge on any atom is -0.508 e. The number of piperidine rings is 1. The molecule has 1 fully saturated rings. The molecule has 0 amide bonds. The van der Waals surface area contributed by atoms with Gasteiger partial charge in [0.05, 0.1) is 11.1 Å². The molecule has 0 aliphatic carbocycles. The third-order valence-electron chi connectivity index (χ3n) is 6.74. The summed E-state index contributed by atoms with van der Waals surface area (Å²) in [5, 5.41) is 20.9. The molecule has 1 atom stereocenters. The summed E-state index contributed by atoms with van der Waals surface area (Å²) < 4.78 is 18.6. The number of ether oxygens (including phenoxy) is 2. The lowest BCUT2D eigenvalue weighted by Gasteiger charge is -2.27. The molecule has 6 rings (SSSR count). The number of furan rings is 1. The Hall–Kier alpha value is -3.64. The summed E-state index contributed by atoms with van der Waals surface area (Å²) in [5.41, 5.74) is 3.23. The van der Waals surface area contributed by atoms with Crippen molar-refractivity contribution in [3.8, 4) is 34.3 Å². The molecule has 3 aromatic carbocycles. The first kappa shape index (κ1) is 20.9. The van der Waals surface area contributed by atoms with Crippen LogP contribution in [0, 0.1) is 0 Å². The van der Waals surface area contributed by atoms with Gasteiger partial charge in [-0.05, 0) is 67.9 Å². The number of aromatic hydroxyl groups is 2. The topological polar surface area (TPSA) is 75.3 Å². The van der Waals surface area contributed by atoms with Gasteiger partial charge in [-0.25, -0.2) is 0 Å². The lowest BCUT2D eigenvalue weighted by atomic mass is 9.93. The maximum absolute atomic E-state index is 10.0. The average molecular weight is 458 g/mol. The van der Waals surface area contributed by atoms with Crippen molar-refractivity contribution < 1.29 is 24.1 Å². The van der Waals surface area contributed by atoms with Crippen LogP contribution in [0.2, 0.25) is 0 Å². The van der Waals surface area contributed by atoms with Crippen molar-refractivity contribution in [1.82, 2.24) is 4.90 Å². The number of phenols is 2. The number of hydrogen-bond acceptors (Lipinski definition) is 6. The Balaban J connectivity index is 1.29. The summed E-state index contributed by atoms with van der Waals surface area (Å²) in [6.45, 7) is 3.95. The summed E-state index contributed by atoms with van der Waals surface area (Å²) >= 11 is 0. The minimum absolute atomic E-state index is 0.132. The third kappa shape index (κ3) is 3.84. The van der Waals surface area contributed by atoms with E-state index in [1.165, 1.54) is 19.3 Å². The molecule has 6 heteroatoms. The highest BCUT2D eigenvalue weighted by molar-refractivity contribution is 5.92. The van der Waals surface area contributed by atoms with Gasteiger partial charge in [-0.15, -0.1) is 0 Å². The standard InChI is InChI=1S/C28H27NO5/c30-19-6-10-22-24(16-19)34-28-23-11-7-20(31)17-25(23)33-27(26(22)28)18-4-8-21(9-5-18)32-15-14-29-12-2-1-3-13-29/h4-11,16-17,27,30-31H,1-3,12-15H2/t27-/m0/s1. The van der Waals surface area contributed by atoms with Crippen LogP contribution in [0.15, 0.2) is 65.1 Å². The molecule has 0 bridgehead atoms. The van der Waals surface area contributed by atoms with Gasteiger partial charge in [-0.2, -0.15) is 0 Å². The summed E-state index contributed by atoms with van der Waals surface area (Å²) in [5.74, 6) is 2.35. The highest BCUT2D eigenvalue weighted by atomic mass is 16.5. The monoisotopic (exact) mass is 457 g/mol. The van der Waals surface area contributed by atoms with Gasteiger partial charge in [0.1, 0.15) is 40.9 Å². The molecule has 2 aliphatic rings. The smallest absolute Gasteiger partial charge is 0.153 e. The first-order valence-corrected chi connectivity index (χ1v) is 11.9.